The van der Waals surface area contributed by atoms with Gasteiger partial charge in [-0.2, -0.15) is 5.10 Å². The minimum Gasteiger partial charge on any atom is -0.395 e. The topological polar surface area (TPSA) is 84.2 Å². The van der Waals surface area contributed by atoms with Crippen LogP contribution in [-0.4, -0.2) is 46.8 Å². The molecule has 6 heteroatoms. The molecule has 2 heterocycles. The fourth-order valence-electron chi connectivity index (χ4n) is 2.76. The van der Waals surface area contributed by atoms with Crippen LogP contribution in [0.1, 0.15) is 48.3 Å². The van der Waals surface area contributed by atoms with Crippen LogP contribution in [0, 0.1) is 0 Å². The summed E-state index contributed by atoms with van der Waals surface area (Å²) in [5.41, 5.74) is 7.84. The van der Waals surface area contributed by atoms with Crippen molar-refractivity contribution in [2.75, 3.05) is 19.4 Å². The van der Waals surface area contributed by atoms with Crippen LogP contribution in [0.25, 0.3) is 0 Å². The third-order valence-electron chi connectivity index (χ3n) is 4.18. The Labute approximate surface area is 112 Å². The number of carbonyl (C=O) groups is 1. The molecule has 0 aromatic carbocycles. The molecule has 1 saturated heterocycles. The molecule has 6 nitrogen and oxygen atoms in total. The fourth-order valence-corrected chi connectivity index (χ4v) is 2.76. The van der Waals surface area contributed by atoms with Gasteiger partial charge in [0.15, 0.2) is 5.69 Å². The highest BCUT2D eigenvalue weighted by Gasteiger charge is 2.35. The van der Waals surface area contributed by atoms with E-state index in [-0.39, 0.29) is 18.1 Å². The van der Waals surface area contributed by atoms with Gasteiger partial charge in [0.2, 0.25) is 0 Å². The molecule has 3 rings (SSSR count). The predicted octanol–water partition coefficient (Wildman–Crippen LogP) is 1.12. The normalized spacial score (nSPS) is 26.6. The molecule has 1 aliphatic heterocycles. The van der Waals surface area contributed by atoms with Crippen LogP contribution >= 0.6 is 0 Å². The van der Waals surface area contributed by atoms with Gasteiger partial charge >= 0.3 is 0 Å². The average molecular weight is 264 g/mol. The van der Waals surface area contributed by atoms with Gasteiger partial charge in [0.25, 0.3) is 5.91 Å². The van der Waals surface area contributed by atoms with Gasteiger partial charge in [0.05, 0.1) is 23.5 Å². The van der Waals surface area contributed by atoms with E-state index in [0.717, 1.165) is 25.0 Å². The number of hydrogen-bond donors (Lipinski definition) is 2. The van der Waals surface area contributed by atoms with E-state index in [4.69, 9.17) is 10.5 Å². The van der Waals surface area contributed by atoms with Gasteiger partial charge in [0, 0.05) is 19.6 Å². The number of nitrogens with one attached hydrogen (secondary N) is 1. The van der Waals surface area contributed by atoms with Gasteiger partial charge in [-0.25, -0.2) is 0 Å². The molecule has 2 atom stereocenters. The van der Waals surface area contributed by atoms with Crippen molar-refractivity contribution in [3.8, 4) is 0 Å². The van der Waals surface area contributed by atoms with E-state index < -0.39 is 0 Å². The number of rotatable bonds is 3. The van der Waals surface area contributed by atoms with Gasteiger partial charge in [-0.1, -0.05) is 0 Å². The highest BCUT2D eigenvalue weighted by Crippen LogP contribution is 2.42. The number of likely N-dealkylation sites (N-methyl/N-ethyl adjacent to an activating group) is 1. The number of aromatic nitrogens is 2. The first-order valence-corrected chi connectivity index (χ1v) is 6.82. The van der Waals surface area contributed by atoms with Gasteiger partial charge < -0.3 is 15.4 Å². The Morgan fingerprint density at radius 2 is 2.21 bits per heavy atom. The molecule has 1 amide bonds. The largest absolute Gasteiger partial charge is 0.395 e. The van der Waals surface area contributed by atoms with E-state index in [9.17, 15) is 4.79 Å². The number of aromatic amines is 1. The number of nitrogens with two attached hydrogens (primary N) is 1. The van der Waals surface area contributed by atoms with Crippen LogP contribution in [-0.2, 0) is 4.74 Å². The molecule has 2 unspecified atom stereocenters. The zero-order chi connectivity index (χ0) is 13.6. The summed E-state index contributed by atoms with van der Waals surface area (Å²) in [4.78, 5) is 14.2. The predicted molar refractivity (Wildman–Crippen MR) is 70.9 cm³/mol. The third kappa shape index (κ3) is 2.10. The second-order valence-corrected chi connectivity index (χ2v) is 5.52. The Morgan fingerprint density at radius 3 is 2.79 bits per heavy atom. The van der Waals surface area contributed by atoms with Crippen molar-refractivity contribution in [2.45, 2.75) is 44.2 Å². The molecular weight excluding hydrogens is 244 g/mol. The number of carbonyl (C=O) groups excluding carboxylic acids is 1. The van der Waals surface area contributed by atoms with Gasteiger partial charge in [-0.05, 0) is 26.2 Å². The molecule has 1 aromatic rings. The number of nitrogen functional groups attached to an aromatic ring is 1. The maximum Gasteiger partial charge on any atom is 0.276 e. The van der Waals surface area contributed by atoms with Crippen molar-refractivity contribution in [2.24, 2.45) is 0 Å². The summed E-state index contributed by atoms with van der Waals surface area (Å²) < 4.78 is 5.50. The number of ether oxygens (including phenoxy) is 1. The number of H-pyrrole nitrogens is 1. The molecule has 0 bridgehead atoms. The summed E-state index contributed by atoms with van der Waals surface area (Å²) in [5.74, 6) is 0.344. The Balaban J connectivity index is 1.79. The molecule has 1 aromatic heterocycles. The molecule has 2 aliphatic rings. The lowest BCUT2D eigenvalue weighted by Crippen LogP contribution is -2.41. The van der Waals surface area contributed by atoms with E-state index in [1.54, 1.807) is 11.9 Å². The van der Waals surface area contributed by atoms with Crippen LogP contribution in [0.4, 0.5) is 5.69 Å². The summed E-state index contributed by atoms with van der Waals surface area (Å²) in [6.07, 6.45) is 3.19. The highest BCUT2D eigenvalue weighted by atomic mass is 16.5. The van der Waals surface area contributed by atoms with E-state index >= 15 is 0 Å². The standard InChI is InChI=1S/C13H20N4O2/c1-7-9(5-6-19-7)17(2)13(18)12-10(14)11(15-16-12)8-3-4-8/h7-9H,3-6,14H2,1-2H3,(H,15,16). The zero-order valence-corrected chi connectivity index (χ0v) is 11.3. The Kier molecular flexibility index (Phi) is 2.97. The lowest BCUT2D eigenvalue weighted by Gasteiger charge is -2.26. The van der Waals surface area contributed by atoms with Gasteiger partial charge in [-0.3, -0.25) is 9.89 Å². The molecule has 1 aliphatic carbocycles. The van der Waals surface area contributed by atoms with E-state index in [1.165, 1.54) is 0 Å². The zero-order valence-electron chi connectivity index (χ0n) is 11.3. The Morgan fingerprint density at radius 1 is 1.47 bits per heavy atom. The second kappa shape index (κ2) is 4.52. The smallest absolute Gasteiger partial charge is 0.276 e. The molecule has 0 radical (unpaired) electrons. The Bertz CT molecular complexity index is 495. The van der Waals surface area contributed by atoms with Gasteiger partial charge in [0.1, 0.15) is 0 Å². The maximum absolute atomic E-state index is 12.5. The van der Waals surface area contributed by atoms with Crippen molar-refractivity contribution in [1.29, 1.82) is 0 Å². The first kappa shape index (κ1) is 12.5. The van der Waals surface area contributed by atoms with Crippen molar-refractivity contribution in [3.05, 3.63) is 11.4 Å². The first-order valence-electron chi connectivity index (χ1n) is 6.82. The Hall–Kier alpha value is -1.56. The third-order valence-corrected chi connectivity index (χ3v) is 4.18. The van der Waals surface area contributed by atoms with Crippen LogP contribution in [0.5, 0.6) is 0 Å². The molecule has 3 N–H and O–H groups in total. The lowest BCUT2D eigenvalue weighted by molar-refractivity contribution is 0.0570. The number of hydrogen-bond acceptors (Lipinski definition) is 4. The summed E-state index contributed by atoms with van der Waals surface area (Å²) in [6, 6.07) is 0.105. The molecule has 104 valence electrons. The van der Waals surface area contributed by atoms with Crippen molar-refractivity contribution >= 4 is 11.6 Å². The minimum atomic E-state index is -0.122. The number of amides is 1. The molecule has 19 heavy (non-hydrogen) atoms. The maximum atomic E-state index is 12.5. The summed E-state index contributed by atoms with van der Waals surface area (Å²) in [6.45, 7) is 2.69. The number of nitrogens with zero attached hydrogens (tertiary/aromatic N) is 2. The minimum absolute atomic E-state index is 0.0667. The van der Waals surface area contributed by atoms with E-state index in [2.05, 4.69) is 10.2 Å². The van der Waals surface area contributed by atoms with Crippen molar-refractivity contribution < 1.29 is 9.53 Å². The quantitative estimate of drug-likeness (QED) is 0.856. The molecular formula is C13H20N4O2. The summed E-state index contributed by atoms with van der Waals surface area (Å²) in [7, 11) is 1.79. The van der Waals surface area contributed by atoms with Crippen LogP contribution in [0.2, 0.25) is 0 Å². The SMILES string of the molecule is CC1OCCC1N(C)C(=O)c1n[nH]c(C2CC2)c1N. The molecule has 1 saturated carbocycles. The molecule has 2 fully saturated rings. The fraction of sp³-hybridized carbons (Fsp3) is 0.692. The first-order chi connectivity index (χ1) is 9.09. The van der Waals surface area contributed by atoms with Crippen LogP contribution in [0.3, 0.4) is 0 Å². The van der Waals surface area contributed by atoms with Crippen molar-refractivity contribution in [3.63, 3.8) is 0 Å². The molecule has 0 spiro atoms. The van der Waals surface area contributed by atoms with E-state index in [0.29, 0.717) is 23.9 Å². The monoisotopic (exact) mass is 264 g/mol. The highest BCUT2D eigenvalue weighted by molar-refractivity contribution is 5.97. The summed E-state index contributed by atoms with van der Waals surface area (Å²) in [5, 5.41) is 7.03. The van der Waals surface area contributed by atoms with Crippen molar-refractivity contribution in [1.82, 2.24) is 15.1 Å². The number of anilines is 1. The van der Waals surface area contributed by atoms with E-state index in [1.807, 2.05) is 6.92 Å². The van der Waals surface area contributed by atoms with Crippen LogP contribution < -0.4 is 5.73 Å². The van der Waals surface area contributed by atoms with Gasteiger partial charge in [-0.15, -0.1) is 0 Å². The average Bonchev–Trinajstić information content (AvgIpc) is 3.03. The second-order valence-electron chi connectivity index (χ2n) is 5.52. The lowest BCUT2D eigenvalue weighted by atomic mass is 10.1. The summed E-state index contributed by atoms with van der Waals surface area (Å²) >= 11 is 0. The van der Waals surface area contributed by atoms with Crippen LogP contribution in [0.15, 0.2) is 0 Å².